The molecule has 0 fully saturated rings. The monoisotopic (exact) mass is 507 g/mol. The highest BCUT2D eigenvalue weighted by atomic mass is 35.5. The van der Waals surface area contributed by atoms with Crippen molar-refractivity contribution in [1.29, 1.82) is 0 Å². The fraction of sp³-hybridized carbons (Fsp3) is 0.182. The van der Waals surface area contributed by atoms with E-state index in [1.807, 2.05) is 54.6 Å². The summed E-state index contributed by atoms with van der Waals surface area (Å²) in [6.45, 7) is 4.30. The zero-order valence-electron chi connectivity index (χ0n) is 17.5. The summed E-state index contributed by atoms with van der Waals surface area (Å²) < 4.78 is 10.6. The predicted octanol–water partition coefficient (Wildman–Crippen LogP) is 7.06. The van der Waals surface area contributed by atoms with Crippen LogP contribution in [0.4, 0.5) is 10.9 Å². The maximum absolute atomic E-state index is 6.13. The smallest absolute Gasteiger partial charge is 0.208 e. The molecule has 0 aliphatic carbocycles. The Balaban J connectivity index is 0.00000181. The molecular weight excluding hydrogens is 485 g/mol. The number of pyridine rings is 2. The fourth-order valence-corrected chi connectivity index (χ4v) is 4.02. The molecule has 168 valence electrons. The lowest BCUT2D eigenvalue weighted by molar-refractivity contribution is 0.481. The van der Waals surface area contributed by atoms with Crippen LogP contribution in [0.2, 0.25) is 0 Å². The summed E-state index contributed by atoms with van der Waals surface area (Å²) in [4.78, 5) is 14.5. The average molecular weight is 509 g/mol. The lowest BCUT2D eigenvalue weighted by Crippen LogP contribution is -1.99. The van der Waals surface area contributed by atoms with Crippen molar-refractivity contribution in [1.82, 2.24) is 19.3 Å². The van der Waals surface area contributed by atoms with Gasteiger partial charge in [0, 0.05) is 41.3 Å². The number of hydrogen-bond donors (Lipinski definition) is 1. The van der Waals surface area contributed by atoms with Crippen molar-refractivity contribution in [3.05, 3.63) is 72.8 Å². The number of nitrogens with one attached hydrogen (secondary N) is 1. The van der Waals surface area contributed by atoms with Gasteiger partial charge < -0.3 is 10.1 Å². The second-order valence-electron chi connectivity index (χ2n) is 6.94. The van der Waals surface area contributed by atoms with Crippen LogP contribution in [-0.2, 0) is 6.42 Å². The van der Waals surface area contributed by atoms with E-state index >= 15 is 0 Å². The van der Waals surface area contributed by atoms with Gasteiger partial charge in [-0.25, -0.2) is 15.0 Å². The number of ether oxygens (including phenoxy) is 1. The third-order valence-electron chi connectivity index (χ3n) is 3.94. The zero-order valence-corrected chi connectivity index (χ0v) is 20.7. The third kappa shape index (κ3) is 7.34. The second kappa shape index (κ2) is 12.6. The van der Waals surface area contributed by atoms with Gasteiger partial charge in [-0.3, -0.25) is 0 Å². The Labute approximate surface area is 208 Å². The van der Waals surface area contributed by atoms with Crippen molar-refractivity contribution < 1.29 is 4.74 Å². The molecule has 6 nitrogen and oxygen atoms in total. The molecule has 10 heteroatoms. The first-order valence-electron chi connectivity index (χ1n) is 9.57. The Bertz CT molecular complexity index is 1100. The molecule has 0 amide bonds. The van der Waals surface area contributed by atoms with Crippen molar-refractivity contribution >= 4 is 59.1 Å². The van der Waals surface area contributed by atoms with Crippen LogP contribution in [0.5, 0.6) is 11.5 Å². The van der Waals surface area contributed by atoms with Crippen LogP contribution >= 0.6 is 48.1 Å². The van der Waals surface area contributed by atoms with E-state index in [-0.39, 0.29) is 24.8 Å². The third-order valence-corrected chi connectivity index (χ3v) is 5.52. The number of aromatic nitrogens is 4. The quantitative estimate of drug-likeness (QED) is 0.273. The number of anilines is 2. The SMILES string of the molecule is CC(C)Cc1nsc(Nc2ncc(Sc3ccccn3)cc2Oc2ccccc2)n1.Cl.Cl. The number of halogens is 2. The van der Waals surface area contributed by atoms with Crippen LogP contribution in [0.15, 0.2) is 76.9 Å². The summed E-state index contributed by atoms with van der Waals surface area (Å²) in [7, 11) is 0. The Morgan fingerprint density at radius 1 is 1.03 bits per heavy atom. The van der Waals surface area contributed by atoms with E-state index in [0.717, 1.165) is 27.9 Å². The highest BCUT2D eigenvalue weighted by molar-refractivity contribution is 7.99. The second-order valence-corrected chi connectivity index (χ2v) is 8.79. The highest BCUT2D eigenvalue weighted by Crippen LogP contribution is 2.35. The Morgan fingerprint density at radius 3 is 2.53 bits per heavy atom. The molecule has 0 saturated carbocycles. The number of para-hydroxylation sites is 1. The van der Waals surface area contributed by atoms with Gasteiger partial charge in [-0.1, -0.05) is 49.9 Å². The first kappa shape index (κ1) is 25.9. The van der Waals surface area contributed by atoms with Gasteiger partial charge in [0.25, 0.3) is 0 Å². The largest absolute Gasteiger partial charge is 0.453 e. The minimum atomic E-state index is 0. The zero-order chi connectivity index (χ0) is 20.8. The van der Waals surface area contributed by atoms with Crippen LogP contribution in [-0.4, -0.2) is 19.3 Å². The van der Waals surface area contributed by atoms with Gasteiger partial charge in [-0.15, -0.1) is 24.8 Å². The summed E-state index contributed by atoms with van der Waals surface area (Å²) in [5, 5.41) is 4.85. The summed E-state index contributed by atoms with van der Waals surface area (Å²) in [6.07, 6.45) is 4.42. The van der Waals surface area contributed by atoms with Crippen LogP contribution in [0.1, 0.15) is 19.7 Å². The fourth-order valence-electron chi connectivity index (χ4n) is 2.65. The van der Waals surface area contributed by atoms with Crippen molar-refractivity contribution in [2.24, 2.45) is 5.92 Å². The Kier molecular flexibility index (Phi) is 10.2. The number of hydrogen-bond acceptors (Lipinski definition) is 8. The maximum Gasteiger partial charge on any atom is 0.208 e. The van der Waals surface area contributed by atoms with Gasteiger partial charge in [-0.2, -0.15) is 4.37 Å². The molecule has 32 heavy (non-hydrogen) atoms. The van der Waals surface area contributed by atoms with Gasteiger partial charge in [0.05, 0.1) is 0 Å². The van der Waals surface area contributed by atoms with Crippen LogP contribution < -0.4 is 10.1 Å². The van der Waals surface area contributed by atoms with Crippen LogP contribution in [0.25, 0.3) is 0 Å². The van der Waals surface area contributed by atoms with Gasteiger partial charge in [0.15, 0.2) is 11.6 Å². The van der Waals surface area contributed by atoms with Gasteiger partial charge in [0.2, 0.25) is 5.13 Å². The minimum Gasteiger partial charge on any atom is -0.453 e. The van der Waals surface area contributed by atoms with Gasteiger partial charge in [-0.05, 0) is 30.2 Å². The molecule has 0 aliphatic heterocycles. The average Bonchev–Trinajstić information content (AvgIpc) is 3.17. The standard InChI is InChI=1S/C22H21N5OS2.2ClH/c1-15(2)12-19-25-22(30-27-19)26-21-18(28-16-8-4-3-5-9-16)13-17(14-24-21)29-20-10-6-7-11-23-20;;/h3-11,13-15H,12H2,1-2H3,(H,24,25,26,27);2*1H. The molecule has 3 aromatic heterocycles. The lowest BCUT2D eigenvalue weighted by atomic mass is 10.1. The van der Waals surface area contributed by atoms with E-state index in [4.69, 9.17) is 4.74 Å². The van der Waals surface area contributed by atoms with E-state index in [2.05, 4.69) is 38.5 Å². The molecular formula is C22H23Cl2N5OS2. The highest BCUT2D eigenvalue weighted by Gasteiger charge is 2.13. The lowest BCUT2D eigenvalue weighted by Gasteiger charge is -2.12. The van der Waals surface area contributed by atoms with Gasteiger partial charge in [0.1, 0.15) is 16.6 Å². The Hall–Kier alpha value is -2.39. The molecule has 1 aromatic carbocycles. The van der Waals surface area contributed by atoms with E-state index < -0.39 is 0 Å². The maximum atomic E-state index is 6.13. The number of benzene rings is 1. The molecule has 0 radical (unpaired) electrons. The summed E-state index contributed by atoms with van der Waals surface area (Å²) >= 11 is 2.86. The summed E-state index contributed by atoms with van der Waals surface area (Å²) in [5.41, 5.74) is 0. The molecule has 0 atom stereocenters. The molecule has 4 rings (SSSR count). The summed E-state index contributed by atoms with van der Waals surface area (Å²) in [6, 6.07) is 17.4. The van der Waals surface area contributed by atoms with E-state index in [1.54, 1.807) is 12.4 Å². The van der Waals surface area contributed by atoms with Crippen LogP contribution in [0, 0.1) is 5.92 Å². The van der Waals surface area contributed by atoms with Gasteiger partial charge >= 0.3 is 0 Å². The molecule has 0 aliphatic rings. The molecule has 4 aromatic rings. The van der Waals surface area contributed by atoms with Crippen molar-refractivity contribution in [2.75, 3.05) is 5.32 Å². The molecule has 1 N–H and O–H groups in total. The van der Waals surface area contributed by atoms with Crippen molar-refractivity contribution in [3.8, 4) is 11.5 Å². The molecule has 0 unspecified atom stereocenters. The first-order chi connectivity index (χ1) is 14.7. The molecule has 0 bridgehead atoms. The van der Waals surface area contributed by atoms with E-state index in [9.17, 15) is 0 Å². The number of rotatable bonds is 8. The van der Waals surface area contributed by atoms with Crippen molar-refractivity contribution in [3.63, 3.8) is 0 Å². The first-order valence-corrected chi connectivity index (χ1v) is 11.2. The van der Waals surface area contributed by atoms with E-state index in [1.165, 1.54) is 23.3 Å². The van der Waals surface area contributed by atoms with E-state index in [0.29, 0.717) is 22.6 Å². The molecule has 0 saturated heterocycles. The summed E-state index contributed by atoms with van der Waals surface area (Å²) in [5.74, 6) is 3.29. The topological polar surface area (TPSA) is 72.8 Å². The van der Waals surface area contributed by atoms with Crippen molar-refractivity contribution in [2.45, 2.75) is 30.2 Å². The number of nitrogens with zero attached hydrogens (tertiary/aromatic N) is 4. The molecule has 3 heterocycles. The normalized spacial score (nSPS) is 10.2. The minimum absolute atomic E-state index is 0. The van der Waals surface area contributed by atoms with Crippen LogP contribution in [0.3, 0.4) is 0 Å². The predicted molar refractivity (Wildman–Crippen MR) is 135 cm³/mol. The molecule has 0 spiro atoms. The Morgan fingerprint density at radius 2 is 1.81 bits per heavy atom.